The van der Waals surface area contributed by atoms with E-state index in [2.05, 4.69) is 523 Å². The molecule has 0 N–H and O–H groups in total. The standard InChI is InChI=1S/C45H33NO.C45H33NS.C43H31NO/c1-45(2)41-27-36(25-26-37(41)39-29-44-40(28-42(39)45)38-15-9-10-16-43(38)47-44)46(34-21-17-32(18-22-34)30-11-5-3-6-12-30)35-23-19-33(20-24-35)31-13-7-4-8-14-31;1-45(2)39-18-10-9-16-36(39)37-28-29-41-42(43(37)45)38-17-11-19-40(44(38)47-41)46(34-24-20-32(21-25-34)30-12-5-3-6-13-30)35-26-22-33(23-27-35)31-14-7-4-8-15-31;1-43(2)39-25-34(22-23-35(39)37-27-42-38(26-40(37)43)36-14-8-9-15-41(36)45-42)44(32-12-4-3-5-13-32)33-20-18-29(19-21-33)31-17-16-28-10-6-7-11-30(28)24-31/h2*3-29H,1-2H3;3-27H,1-2H3. The lowest BCUT2D eigenvalue weighted by molar-refractivity contribution is 0.657. The minimum absolute atomic E-state index is 0.0737. The van der Waals surface area contributed by atoms with Gasteiger partial charge in [-0.15, -0.1) is 11.3 Å². The Kier molecular flexibility index (Phi) is 20.4. The number of nitrogens with zero attached hydrogens (tertiary/aromatic N) is 3. The quantitative estimate of drug-likeness (QED) is 0.108. The van der Waals surface area contributed by atoms with Gasteiger partial charge in [0.15, 0.2) is 0 Å². The Morgan fingerprint density at radius 3 is 0.993 bits per heavy atom. The molecular weight excluding hydrogens is 1700 g/mol. The maximum Gasteiger partial charge on any atom is 0.136 e. The first-order valence-corrected chi connectivity index (χ1v) is 49.0. The Bertz CT molecular complexity index is 8680. The zero-order valence-electron chi connectivity index (χ0n) is 78.2. The lowest BCUT2D eigenvalue weighted by Gasteiger charge is -2.28. The zero-order valence-corrected chi connectivity index (χ0v) is 79.0. The average Bonchev–Trinajstić information content (AvgIpc) is 1.55. The molecule has 0 spiro atoms. The van der Waals surface area contributed by atoms with Crippen molar-refractivity contribution < 1.29 is 8.83 Å². The normalized spacial score (nSPS) is 13.1. The molecule has 0 fully saturated rings. The smallest absolute Gasteiger partial charge is 0.136 e. The number of para-hydroxylation sites is 3. The number of rotatable bonds is 14. The molecule has 139 heavy (non-hydrogen) atoms. The number of hydrogen-bond acceptors (Lipinski definition) is 6. The summed E-state index contributed by atoms with van der Waals surface area (Å²) in [5, 5.41) is 9.94. The van der Waals surface area contributed by atoms with Gasteiger partial charge >= 0.3 is 0 Å². The molecule has 0 amide bonds. The summed E-state index contributed by atoms with van der Waals surface area (Å²) in [6.45, 7) is 14.2. The van der Waals surface area contributed by atoms with Crippen LogP contribution in [-0.2, 0) is 16.2 Å². The lowest BCUT2D eigenvalue weighted by atomic mass is 9.80. The zero-order chi connectivity index (χ0) is 93.2. The van der Waals surface area contributed by atoms with E-state index in [-0.39, 0.29) is 16.2 Å². The molecule has 0 radical (unpaired) electrons. The van der Waals surface area contributed by atoms with Crippen LogP contribution < -0.4 is 14.7 Å². The van der Waals surface area contributed by atoms with Gasteiger partial charge in [0.1, 0.15) is 22.3 Å². The minimum atomic E-state index is -0.173. The van der Waals surface area contributed by atoms with Crippen LogP contribution >= 0.6 is 11.3 Å². The lowest BCUT2D eigenvalue weighted by Crippen LogP contribution is -2.16. The second kappa shape index (κ2) is 33.9. The van der Waals surface area contributed by atoms with Crippen LogP contribution in [0.1, 0.15) is 74.9 Å². The van der Waals surface area contributed by atoms with E-state index < -0.39 is 0 Å². The molecule has 6 heteroatoms. The highest BCUT2D eigenvalue weighted by Gasteiger charge is 2.41. The molecule has 0 saturated heterocycles. The summed E-state index contributed by atoms with van der Waals surface area (Å²) in [5.41, 5.74) is 41.8. The van der Waals surface area contributed by atoms with Crippen molar-refractivity contribution in [1.82, 2.24) is 0 Å². The molecule has 0 unspecified atom stereocenters. The van der Waals surface area contributed by atoms with Crippen molar-refractivity contribution >= 4 is 137 Å². The molecule has 0 aliphatic heterocycles. The molecule has 0 bridgehead atoms. The first kappa shape index (κ1) is 83.9. The molecule has 3 heterocycles. The molecule has 24 aromatic rings. The second-order valence-electron chi connectivity index (χ2n) is 38.6. The topological polar surface area (TPSA) is 36.0 Å². The predicted molar refractivity (Wildman–Crippen MR) is 588 cm³/mol. The van der Waals surface area contributed by atoms with Gasteiger partial charge in [0.2, 0.25) is 0 Å². The maximum absolute atomic E-state index is 6.31. The van der Waals surface area contributed by atoms with Crippen molar-refractivity contribution in [2.24, 2.45) is 0 Å². The summed E-state index contributed by atoms with van der Waals surface area (Å²) < 4.78 is 15.3. The first-order chi connectivity index (χ1) is 68.2. The Morgan fingerprint density at radius 1 is 0.194 bits per heavy atom. The number of fused-ring (bicyclic) bond motifs is 20. The third-order valence-corrected chi connectivity index (χ3v) is 30.6. The van der Waals surface area contributed by atoms with Gasteiger partial charge in [-0.1, -0.05) is 369 Å². The first-order valence-electron chi connectivity index (χ1n) is 48.1. The van der Waals surface area contributed by atoms with Crippen molar-refractivity contribution in [3.8, 4) is 89.0 Å². The van der Waals surface area contributed by atoms with E-state index in [0.717, 1.165) is 67.8 Å². The van der Waals surface area contributed by atoms with E-state index in [4.69, 9.17) is 8.83 Å². The number of furan rings is 2. The van der Waals surface area contributed by atoms with Crippen molar-refractivity contribution in [3.63, 3.8) is 0 Å². The number of hydrogen-bond donors (Lipinski definition) is 0. The number of anilines is 9. The van der Waals surface area contributed by atoms with Gasteiger partial charge in [-0.3, -0.25) is 0 Å². The highest BCUT2D eigenvalue weighted by atomic mass is 32.1. The monoisotopic (exact) mass is 1800 g/mol. The molecule has 21 aromatic carbocycles. The maximum atomic E-state index is 6.31. The predicted octanol–water partition coefficient (Wildman–Crippen LogP) is 38.0. The summed E-state index contributed by atoms with van der Waals surface area (Å²) in [5.74, 6) is 0. The minimum Gasteiger partial charge on any atom is -0.456 e. The third-order valence-electron chi connectivity index (χ3n) is 29.4. The molecular formula is C133H97N3O2S. The summed E-state index contributed by atoms with van der Waals surface area (Å²) >= 11 is 1.91. The Balaban J connectivity index is 0.000000110. The van der Waals surface area contributed by atoms with Gasteiger partial charge < -0.3 is 23.5 Å². The summed E-state index contributed by atoms with van der Waals surface area (Å²) in [6, 6.07) is 173. The van der Waals surface area contributed by atoms with Gasteiger partial charge in [-0.2, -0.15) is 0 Å². The fourth-order valence-electron chi connectivity index (χ4n) is 22.3. The summed E-state index contributed by atoms with van der Waals surface area (Å²) in [7, 11) is 0. The van der Waals surface area contributed by atoms with Crippen LogP contribution in [0.2, 0.25) is 0 Å². The van der Waals surface area contributed by atoms with E-state index in [1.54, 1.807) is 0 Å². The van der Waals surface area contributed by atoms with Crippen LogP contribution in [0.5, 0.6) is 0 Å². The van der Waals surface area contributed by atoms with Crippen molar-refractivity contribution in [2.75, 3.05) is 14.7 Å². The molecule has 0 saturated carbocycles. The average molecular weight is 1800 g/mol. The van der Waals surface area contributed by atoms with Gasteiger partial charge in [-0.05, 0) is 285 Å². The largest absolute Gasteiger partial charge is 0.456 e. The van der Waals surface area contributed by atoms with Crippen LogP contribution in [0.4, 0.5) is 51.2 Å². The third kappa shape index (κ3) is 14.6. The molecule has 3 aliphatic rings. The number of benzene rings is 21. The summed E-state index contributed by atoms with van der Waals surface area (Å²) in [6.07, 6.45) is 0. The molecule has 27 rings (SSSR count). The SMILES string of the molecule is CC1(C)c2cc(N(c3ccc(-c4ccccc4)cc3)c3ccc(-c4ccccc4)cc3)ccc2-c2cc3oc4ccccc4c3cc21.CC1(C)c2cc(N(c3ccccc3)c3ccc(-c4ccc5ccccc5c4)cc3)ccc2-c2cc3oc4ccccc4c3cc21.CC1(C)c2ccccc2-c2ccc3sc4c(N(c5ccc(-c6ccccc6)cc5)c5ccc(-c6ccccc6)cc5)cccc4c3c21. The van der Waals surface area contributed by atoms with Gasteiger partial charge in [0.25, 0.3) is 0 Å². The summed E-state index contributed by atoms with van der Waals surface area (Å²) in [4.78, 5) is 7.17. The van der Waals surface area contributed by atoms with E-state index in [9.17, 15) is 0 Å². The fraction of sp³-hybridized carbons (Fsp3) is 0.0677. The van der Waals surface area contributed by atoms with Crippen molar-refractivity contribution in [1.29, 1.82) is 0 Å². The van der Waals surface area contributed by atoms with Gasteiger partial charge in [-0.25, -0.2) is 0 Å². The van der Waals surface area contributed by atoms with Crippen LogP contribution in [0, 0.1) is 0 Å². The molecule has 3 aromatic heterocycles. The van der Waals surface area contributed by atoms with Crippen molar-refractivity contribution in [3.05, 3.63) is 513 Å². The molecule has 3 aliphatic carbocycles. The Hall–Kier alpha value is -16.9. The molecule has 662 valence electrons. The Labute approximate surface area is 814 Å². The molecule has 5 nitrogen and oxygen atoms in total. The fourth-order valence-corrected chi connectivity index (χ4v) is 23.5. The van der Waals surface area contributed by atoms with E-state index in [1.165, 1.54) is 181 Å². The van der Waals surface area contributed by atoms with E-state index in [0.29, 0.717) is 0 Å². The van der Waals surface area contributed by atoms with Crippen LogP contribution in [0.25, 0.3) is 164 Å². The highest BCUT2D eigenvalue weighted by Crippen LogP contribution is 2.59. The highest BCUT2D eigenvalue weighted by molar-refractivity contribution is 7.26. The second-order valence-corrected chi connectivity index (χ2v) is 39.6. The number of thiophene rings is 1. The van der Waals surface area contributed by atoms with Crippen LogP contribution in [0.15, 0.2) is 488 Å². The Morgan fingerprint density at radius 2 is 0.532 bits per heavy atom. The van der Waals surface area contributed by atoms with Crippen molar-refractivity contribution in [2.45, 2.75) is 57.8 Å². The molecule has 0 atom stereocenters. The van der Waals surface area contributed by atoms with Gasteiger partial charge in [0.05, 0.1) is 10.4 Å². The van der Waals surface area contributed by atoms with Crippen LogP contribution in [0.3, 0.4) is 0 Å². The van der Waals surface area contributed by atoms with E-state index >= 15 is 0 Å². The van der Waals surface area contributed by atoms with E-state index in [1.807, 2.05) is 23.5 Å². The van der Waals surface area contributed by atoms with Gasteiger partial charge in [0, 0.05) is 98.8 Å². The van der Waals surface area contributed by atoms with Crippen LogP contribution in [-0.4, -0.2) is 0 Å².